The molecule has 1 aromatic carbocycles. The maximum Gasteiger partial charge on any atom is 0.221 e. The minimum Gasteiger partial charge on any atom is -0.352 e. The lowest BCUT2D eigenvalue weighted by Gasteiger charge is -2.05. The van der Waals surface area contributed by atoms with Crippen molar-refractivity contribution < 1.29 is 9.18 Å². The van der Waals surface area contributed by atoms with Crippen LogP contribution in [0.25, 0.3) is 0 Å². The third kappa shape index (κ3) is 6.61. The van der Waals surface area contributed by atoms with Gasteiger partial charge in [0.05, 0.1) is 0 Å². The first-order valence-electron chi connectivity index (χ1n) is 4.98. The Balaban J connectivity index is 0.00000256. The minimum atomic E-state index is -0.311. The second kappa shape index (κ2) is 8.44. The molecule has 3 nitrogen and oxygen atoms in total. The predicted molar refractivity (Wildman–Crippen MR) is 71.7 cm³/mol. The van der Waals surface area contributed by atoms with Crippen molar-refractivity contribution in [3.63, 3.8) is 0 Å². The number of carbonyl (C=O) groups is 1. The first-order valence-corrected chi connectivity index (χ1v) is 5.77. The molecule has 1 amide bonds. The van der Waals surface area contributed by atoms with Crippen LogP contribution in [0.1, 0.15) is 12.0 Å². The molecule has 0 radical (unpaired) electrons. The number of benzene rings is 1. The molecule has 0 bridgehead atoms. The van der Waals surface area contributed by atoms with Crippen LogP contribution in [0, 0.1) is 5.82 Å². The highest BCUT2D eigenvalue weighted by atomic mass is 79.9. The van der Waals surface area contributed by atoms with Crippen LogP contribution in [0.4, 0.5) is 4.39 Å². The molecule has 0 aliphatic carbocycles. The van der Waals surface area contributed by atoms with Crippen LogP contribution in [0.15, 0.2) is 22.7 Å². The molecule has 1 aromatic rings. The van der Waals surface area contributed by atoms with E-state index in [9.17, 15) is 9.18 Å². The van der Waals surface area contributed by atoms with Gasteiger partial charge in [-0.05, 0) is 30.8 Å². The average molecular weight is 326 g/mol. The predicted octanol–water partition coefficient (Wildman–Crippen LogP) is 2.24. The lowest BCUT2D eigenvalue weighted by molar-refractivity contribution is -0.121. The zero-order chi connectivity index (χ0) is 12.0. The zero-order valence-corrected chi connectivity index (χ0v) is 11.8. The van der Waals surface area contributed by atoms with E-state index >= 15 is 0 Å². The van der Waals surface area contributed by atoms with Gasteiger partial charge in [-0.25, -0.2) is 4.39 Å². The number of halogens is 3. The van der Waals surface area contributed by atoms with E-state index in [4.69, 9.17) is 0 Å². The second-order valence-corrected chi connectivity index (χ2v) is 4.32. The number of carbonyl (C=O) groups excluding carboxylic acids is 1. The van der Waals surface area contributed by atoms with Crippen molar-refractivity contribution in [1.82, 2.24) is 10.6 Å². The molecule has 6 heteroatoms. The highest BCUT2D eigenvalue weighted by Gasteiger charge is 2.02. The summed E-state index contributed by atoms with van der Waals surface area (Å²) in [6.45, 7) is 0.984. The lowest BCUT2D eigenvalue weighted by atomic mass is 10.2. The van der Waals surface area contributed by atoms with Crippen molar-refractivity contribution >= 4 is 34.2 Å². The van der Waals surface area contributed by atoms with Gasteiger partial charge in [0.25, 0.3) is 0 Å². The number of amides is 1. The van der Waals surface area contributed by atoms with Crippen LogP contribution in [-0.2, 0) is 11.3 Å². The lowest BCUT2D eigenvalue weighted by Crippen LogP contribution is -2.26. The highest BCUT2D eigenvalue weighted by Crippen LogP contribution is 2.14. The first-order chi connectivity index (χ1) is 7.61. The Morgan fingerprint density at radius 3 is 2.71 bits per heavy atom. The third-order valence-corrected chi connectivity index (χ3v) is 2.47. The SMILES string of the molecule is CNCCC(=O)NCc1cc(F)cc(Br)c1.Cl. The fourth-order valence-electron chi connectivity index (χ4n) is 1.24. The summed E-state index contributed by atoms with van der Waals surface area (Å²) in [5.41, 5.74) is 0.740. The van der Waals surface area contributed by atoms with Gasteiger partial charge in [0.1, 0.15) is 5.82 Å². The Morgan fingerprint density at radius 2 is 2.12 bits per heavy atom. The molecular weight excluding hydrogens is 310 g/mol. The van der Waals surface area contributed by atoms with Gasteiger partial charge in [-0.2, -0.15) is 0 Å². The van der Waals surface area contributed by atoms with Gasteiger partial charge in [0.15, 0.2) is 0 Å². The van der Waals surface area contributed by atoms with E-state index in [1.807, 2.05) is 0 Å². The summed E-state index contributed by atoms with van der Waals surface area (Å²) in [5, 5.41) is 5.61. The fraction of sp³-hybridized carbons (Fsp3) is 0.364. The summed E-state index contributed by atoms with van der Waals surface area (Å²) in [4.78, 5) is 11.3. The Labute approximate surface area is 115 Å². The first kappa shape index (κ1) is 16.4. The van der Waals surface area contributed by atoms with Crippen LogP contribution in [0.2, 0.25) is 0 Å². The zero-order valence-electron chi connectivity index (χ0n) is 9.43. The quantitative estimate of drug-likeness (QED) is 0.872. The molecule has 0 heterocycles. The second-order valence-electron chi connectivity index (χ2n) is 3.41. The fourth-order valence-corrected chi connectivity index (χ4v) is 1.75. The van der Waals surface area contributed by atoms with E-state index in [-0.39, 0.29) is 24.1 Å². The molecule has 96 valence electrons. The molecule has 0 saturated carbocycles. The van der Waals surface area contributed by atoms with Gasteiger partial charge >= 0.3 is 0 Å². The summed E-state index contributed by atoms with van der Waals surface area (Å²) in [6.07, 6.45) is 0.424. The van der Waals surface area contributed by atoms with Crippen molar-refractivity contribution in [3.8, 4) is 0 Å². The highest BCUT2D eigenvalue weighted by molar-refractivity contribution is 9.10. The number of nitrogens with one attached hydrogen (secondary N) is 2. The largest absolute Gasteiger partial charge is 0.352 e. The van der Waals surface area contributed by atoms with Crippen molar-refractivity contribution in [1.29, 1.82) is 0 Å². The molecule has 0 saturated heterocycles. The average Bonchev–Trinajstić information content (AvgIpc) is 2.22. The van der Waals surface area contributed by atoms with Crippen molar-refractivity contribution in [3.05, 3.63) is 34.1 Å². The Kier molecular flexibility index (Phi) is 8.12. The van der Waals surface area contributed by atoms with E-state index in [1.54, 1.807) is 13.1 Å². The van der Waals surface area contributed by atoms with Crippen LogP contribution in [-0.4, -0.2) is 19.5 Å². The molecule has 0 unspecified atom stereocenters. The number of hydrogen-bond donors (Lipinski definition) is 2. The molecule has 0 atom stereocenters. The maximum absolute atomic E-state index is 13.0. The molecule has 0 aliphatic rings. The number of hydrogen-bond acceptors (Lipinski definition) is 2. The minimum absolute atomic E-state index is 0. The van der Waals surface area contributed by atoms with E-state index in [0.29, 0.717) is 24.0 Å². The molecule has 0 spiro atoms. The molecule has 0 fully saturated rings. The molecule has 17 heavy (non-hydrogen) atoms. The van der Waals surface area contributed by atoms with Gasteiger partial charge in [0.2, 0.25) is 5.91 Å². The molecule has 2 N–H and O–H groups in total. The van der Waals surface area contributed by atoms with E-state index in [0.717, 1.165) is 5.56 Å². The topological polar surface area (TPSA) is 41.1 Å². The molecule has 0 aromatic heterocycles. The van der Waals surface area contributed by atoms with Gasteiger partial charge < -0.3 is 10.6 Å². The van der Waals surface area contributed by atoms with Crippen molar-refractivity contribution in [2.45, 2.75) is 13.0 Å². The van der Waals surface area contributed by atoms with Crippen LogP contribution >= 0.6 is 28.3 Å². The molecule has 1 rings (SSSR count). The summed E-state index contributed by atoms with van der Waals surface area (Å²) in [7, 11) is 1.79. The van der Waals surface area contributed by atoms with Crippen LogP contribution in [0.3, 0.4) is 0 Å². The van der Waals surface area contributed by atoms with Gasteiger partial charge in [-0.3, -0.25) is 4.79 Å². The monoisotopic (exact) mass is 324 g/mol. The normalized spacial score (nSPS) is 9.59. The smallest absolute Gasteiger partial charge is 0.221 e. The van der Waals surface area contributed by atoms with E-state index in [1.165, 1.54) is 12.1 Å². The number of rotatable bonds is 5. The van der Waals surface area contributed by atoms with E-state index < -0.39 is 0 Å². The molecule has 0 aliphatic heterocycles. The Morgan fingerprint density at radius 1 is 1.41 bits per heavy atom. The van der Waals surface area contributed by atoms with Crippen molar-refractivity contribution in [2.75, 3.05) is 13.6 Å². The summed E-state index contributed by atoms with van der Waals surface area (Å²) < 4.78 is 13.7. The summed E-state index contributed by atoms with van der Waals surface area (Å²) in [6, 6.07) is 4.57. The van der Waals surface area contributed by atoms with Crippen LogP contribution in [0.5, 0.6) is 0 Å². The summed E-state index contributed by atoms with van der Waals surface area (Å²) in [5.74, 6) is -0.358. The van der Waals surface area contributed by atoms with Gasteiger partial charge in [-0.15, -0.1) is 12.4 Å². The standard InChI is InChI=1S/C11H14BrFN2O.ClH/c1-14-3-2-11(16)15-7-8-4-9(12)6-10(13)5-8;/h4-6,14H,2-3,7H2,1H3,(H,15,16);1H. The maximum atomic E-state index is 13.0. The Bertz CT molecular complexity index is 356. The van der Waals surface area contributed by atoms with Crippen molar-refractivity contribution in [2.24, 2.45) is 0 Å². The Hall–Kier alpha value is -0.650. The van der Waals surface area contributed by atoms with Crippen LogP contribution < -0.4 is 10.6 Å². The van der Waals surface area contributed by atoms with Gasteiger partial charge in [-0.1, -0.05) is 15.9 Å². The summed E-state index contributed by atoms with van der Waals surface area (Å²) >= 11 is 3.20. The van der Waals surface area contributed by atoms with E-state index in [2.05, 4.69) is 26.6 Å². The molecular formula is C11H15BrClFN2O. The third-order valence-electron chi connectivity index (χ3n) is 2.01. The van der Waals surface area contributed by atoms with Gasteiger partial charge in [0, 0.05) is 24.0 Å².